The maximum absolute atomic E-state index is 5.98. The minimum atomic E-state index is 0.00559. The van der Waals surface area contributed by atoms with Crippen molar-refractivity contribution in [2.45, 2.75) is 64.2 Å². The zero-order chi connectivity index (χ0) is 13.2. The van der Waals surface area contributed by atoms with Gasteiger partial charge < -0.3 is 10.1 Å². The van der Waals surface area contributed by atoms with Crippen molar-refractivity contribution in [3.63, 3.8) is 0 Å². The summed E-state index contributed by atoms with van der Waals surface area (Å²) in [5, 5.41) is 3.55. The highest BCUT2D eigenvalue weighted by molar-refractivity contribution is 4.88. The van der Waals surface area contributed by atoms with Gasteiger partial charge in [0.2, 0.25) is 0 Å². The first-order valence-corrected chi connectivity index (χ1v) is 7.57. The fourth-order valence-electron chi connectivity index (χ4n) is 3.84. The molecule has 0 aromatic heterocycles. The highest BCUT2D eigenvalue weighted by Crippen LogP contribution is 2.29. The molecule has 2 rings (SSSR count). The van der Waals surface area contributed by atoms with E-state index in [1.54, 1.807) is 0 Å². The van der Waals surface area contributed by atoms with Crippen LogP contribution in [0.3, 0.4) is 0 Å². The first-order valence-electron chi connectivity index (χ1n) is 7.57. The lowest BCUT2D eigenvalue weighted by atomic mass is 9.96. The Morgan fingerprint density at radius 1 is 1.33 bits per heavy atom. The van der Waals surface area contributed by atoms with Crippen LogP contribution in [0.25, 0.3) is 0 Å². The highest BCUT2D eigenvalue weighted by Gasteiger charge is 2.33. The van der Waals surface area contributed by atoms with E-state index in [0.29, 0.717) is 12.1 Å². The zero-order valence-electron chi connectivity index (χ0n) is 12.5. The summed E-state index contributed by atoms with van der Waals surface area (Å²) in [6.07, 6.45) is 6.03. The number of rotatable bonds is 4. The van der Waals surface area contributed by atoms with Crippen molar-refractivity contribution in [1.29, 1.82) is 0 Å². The van der Waals surface area contributed by atoms with Gasteiger partial charge in [-0.2, -0.15) is 0 Å². The molecule has 0 bridgehead atoms. The van der Waals surface area contributed by atoms with E-state index in [-0.39, 0.29) is 5.60 Å². The predicted octanol–water partition coefficient (Wildman–Crippen LogP) is 2.26. The van der Waals surface area contributed by atoms with E-state index in [1.807, 2.05) is 0 Å². The molecule has 2 atom stereocenters. The van der Waals surface area contributed by atoms with Crippen LogP contribution < -0.4 is 5.32 Å². The summed E-state index contributed by atoms with van der Waals surface area (Å²) in [6, 6.07) is 0.661. The van der Waals surface area contributed by atoms with Crippen molar-refractivity contribution in [2.75, 3.05) is 26.7 Å². The van der Waals surface area contributed by atoms with Gasteiger partial charge in [0.1, 0.15) is 0 Å². The molecule has 0 amide bonds. The Bertz CT molecular complexity index is 261. The molecule has 1 N–H and O–H groups in total. The fraction of sp³-hybridized carbons (Fsp3) is 1.00. The Hall–Kier alpha value is -0.120. The summed E-state index contributed by atoms with van der Waals surface area (Å²) >= 11 is 0. The van der Waals surface area contributed by atoms with Crippen molar-refractivity contribution in [3.8, 4) is 0 Å². The van der Waals surface area contributed by atoms with Gasteiger partial charge in [0.05, 0.1) is 11.7 Å². The number of nitrogens with one attached hydrogen (secondary N) is 1. The Labute approximate surface area is 112 Å². The van der Waals surface area contributed by atoms with E-state index in [1.165, 1.54) is 32.2 Å². The lowest BCUT2D eigenvalue weighted by Gasteiger charge is -2.43. The molecule has 1 aliphatic carbocycles. The van der Waals surface area contributed by atoms with Gasteiger partial charge in [0, 0.05) is 25.7 Å². The summed E-state index contributed by atoms with van der Waals surface area (Å²) in [4.78, 5) is 2.59. The monoisotopic (exact) mass is 254 g/mol. The van der Waals surface area contributed by atoms with Crippen LogP contribution in [-0.2, 0) is 4.74 Å². The average Bonchev–Trinajstić information content (AvgIpc) is 2.76. The summed E-state index contributed by atoms with van der Waals surface area (Å²) in [7, 11) is 2.12. The molecule has 3 nitrogen and oxygen atoms in total. The van der Waals surface area contributed by atoms with Crippen LogP contribution in [-0.4, -0.2) is 49.3 Å². The molecule has 106 valence electrons. The largest absolute Gasteiger partial charge is 0.370 e. The lowest BCUT2D eigenvalue weighted by Crippen LogP contribution is -2.55. The average molecular weight is 254 g/mol. The topological polar surface area (TPSA) is 24.5 Å². The molecule has 1 heterocycles. The molecule has 2 fully saturated rings. The molecule has 0 radical (unpaired) electrons. The molecule has 2 unspecified atom stereocenters. The SMILES string of the molecule is CNC(CN1CC(C)OC(C)(C)C1)C1CCCC1. The molecular weight excluding hydrogens is 224 g/mol. The maximum Gasteiger partial charge on any atom is 0.0757 e. The van der Waals surface area contributed by atoms with Crippen LogP contribution in [0.2, 0.25) is 0 Å². The van der Waals surface area contributed by atoms with Crippen LogP contribution in [0.15, 0.2) is 0 Å². The molecule has 0 aromatic rings. The van der Waals surface area contributed by atoms with Gasteiger partial charge in [0.15, 0.2) is 0 Å². The second kappa shape index (κ2) is 5.89. The molecule has 1 saturated heterocycles. The molecule has 1 aliphatic heterocycles. The number of morpholine rings is 1. The van der Waals surface area contributed by atoms with Crippen molar-refractivity contribution in [2.24, 2.45) is 5.92 Å². The Kier molecular flexibility index (Phi) is 4.68. The zero-order valence-corrected chi connectivity index (χ0v) is 12.5. The van der Waals surface area contributed by atoms with E-state index in [0.717, 1.165) is 19.0 Å². The summed E-state index contributed by atoms with van der Waals surface area (Å²) in [6.45, 7) is 9.92. The second-order valence-electron chi connectivity index (χ2n) is 6.82. The van der Waals surface area contributed by atoms with Gasteiger partial charge in [0.25, 0.3) is 0 Å². The van der Waals surface area contributed by atoms with Crippen LogP contribution in [0.4, 0.5) is 0 Å². The van der Waals surface area contributed by atoms with Gasteiger partial charge in [-0.15, -0.1) is 0 Å². The van der Waals surface area contributed by atoms with E-state index in [9.17, 15) is 0 Å². The molecule has 18 heavy (non-hydrogen) atoms. The van der Waals surface area contributed by atoms with Crippen molar-refractivity contribution in [1.82, 2.24) is 10.2 Å². The highest BCUT2D eigenvalue weighted by atomic mass is 16.5. The van der Waals surface area contributed by atoms with E-state index in [4.69, 9.17) is 4.74 Å². The molecule has 0 spiro atoms. The minimum Gasteiger partial charge on any atom is -0.370 e. The molecular formula is C15H30N2O. The standard InChI is InChI=1S/C15H30N2O/c1-12-9-17(11-15(2,3)18-12)10-14(16-4)13-7-5-6-8-13/h12-14,16H,5-11H2,1-4H3. The Morgan fingerprint density at radius 2 is 2.00 bits per heavy atom. The summed E-state index contributed by atoms with van der Waals surface area (Å²) < 4.78 is 5.98. The quantitative estimate of drug-likeness (QED) is 0.833. The summed E-state index contributed by atoms with van der Waals surface area (Å²) in [5.41, 5.74) is 0.00559. The summed E-state index contributed by atoms with van der Waals surface area (Å²) in [5.74, 6) is 0.885. The normalized spacial score (nSPS) is 31.7. The van der Waals surface area contributed by atoms with E-state index < -0.39 is 0 Å². The Morgan fingerprint density at radius 3 is 2.56 bits per heavy atom. The molecule has 2 aliphatic rings. The minimum absolute atomic E-state index is 0.00559. The van der Waals surface area contributed by atoms with Crippen molar-refractivity contribution < 1.29 is 4.74 Å². The number of likely N-dealkylation sites (N-methyl/N-ethyl adjacent to an activating group) is 1. The van der Waals surface area contributed by atoms with Gasteiger partial charge in [-0.05, 0) is 46.6 Å². The van der Waals surface area contributed by atoms with Crippen LogP contribution >= 0.6 is 0 Å². The lowest BCUT2D eigenvalue weighted by molar-refractivity contribution is -0.130. The second-order valence-corrected chi connectivity index (χ2v) is 6.82. The van der Waals surface area contributed by atoms with Gasteiger partial charge in [-0.1, -0.05) is 12.8 Å². The molecule has 0 aromatic carbocycles. The van der Waals surface area contributed by atoms with Crippen molar-refractivity contribution >= 4 is 0 Å². The van der Waals surface area contributed by atoms with Crippen LogP contribution in [0.5, 0.6) is 0 Å². The predicted molar refractivity (Wildman–Crippen MR) is 75.9 cm³/mol. The third-order valence-corrected chi connectivity index (χ3v) is 4.43. The Balaban J connectivity index is 1.90. The first kappa shape index (κ1) is 14.3. The van der Waals surface area contributed by atoms with Crippen molar-refractivity contribution in [3.05, 3.63) is 0 Å². The maximum atomic E-state index is 5.98. The third kappa shape index (κ3) is 3.69. The van der Waals surface area contributed by atoms with Crippen LogP contribution in [0.1, 0.15) is 46.5 Å². The van der Waals surface area contributed by atoms with E-state index >= 15 is 0 Å². The fourth-order valence-corrected chi connectivity index (χ4v) is 3.84. The van der Waals surface area contributed by atoms with Gasteiger partial charge in [-0.25, -0.2) is 0 Å². The smallest absolute Gasteiger partial charge is 0.0757 e. The van der Waals surface area contributed by atoms with Gasteiger partial charge >= 0.3 is 0 Å². The number of nitrogens with zero attached hydrogens (tertiary/aromatic N) is 1. The van der Waals surface area contributed by atoms with Gasteiger partial charge in [-0.3, -0.25) is 4.90 Å². The molecule has 3 heteroatoms. The number of ether oxygens (including phenoxy) is 1. The number of hydrogen-bond donors (Lipinski definition) is 1. The van der Waals surface area contributed by atoms with E-state index in [2.05, 4.69) is 38.0 Å². The first-order chi connectivity index (χ1) is 8.50. The number of hydrogen-bond acceptors (Lipinski definition) is 3. The third-order valence-electron chi connectivity index (χ3n) is 4.43. The molecule has 1 saturated carbocycles. The van der Waals surface area contributed by atoms with Crippen LogP contribution in [0, 0.1) is 5.92 Å².